The highest BCUT2D eigenvalue weighted by Gasteiger charge is 2.08. The summed E-state index contributed by atoms with van der Waals surface area (Å²) in [6.07, 6.45) is 3.27. The molecule has 7 nitrogen and oxygen atoms in total. The van der Waals surface area contributed by atoms with E-state index in [0.29, 0.717) is 34.1 Å². The first-order valence-electron chi connectivity index (χ1n) is 10.0. The Balaban J connectivity index is 1.33. The molecule has 0 fully saturated rings. The Labute approximate surface area is 197 Å². The van der Waals surface area contributed by atoms with E-state index in [1.165, 1.54) is 0 Å². The second-order valence-corrected chi connectivity index (χ2v) is 7.99. The van der Waals surface area contributed by atoms with Crippen molar-refractivity contribution >= 4 is 50.4 Å². The first-order chi connectivity index (χ1) is 16.1. The third kappa shape index (κ3) is 4.86. The third-order valence-electron chi connectivity index (χ3n) is 4.73. The number of nitrogens with zero attached hydrogens (tertiary/aromatic N) is 5. The Morgan fingerprint density at radius 1 is 0.848 bits per heavy atom. The van der Waals surface area contributed by atoms with Gasteiger partial charge in [0.15, 0.2) is 11.2 Å². The standard InChI is InChI=1S/C25H16BrN5O2/c26-18-3-1-4-20(14-18)30-31-21-10-11-22(32)17(13-21)15-28-19-8-6-16(7-9-19)25-29-24-23(33-25)5-2-12-27-24/h1-15,32H. The topological polar surface area (TPSA) is 96.2 Å². The number of hydrogen-bond acceptors (Lipinski definition) is 7. The zero-order valence-electron chi connectivity index (χ0n) is 17.1. The van der Waals surface area contributed by atoms with Gasteiger partial charge in [-0.1, -0.05) is 22.0 Å². The van der Waals surface area contributed by atoms with Crippen molar-refractivity contribution in [2.24, 2.45) is 15.2 Å². The number of oxazole rings is 1. The van der Waals surface area contributed by atoms with Crippen molar-refractivity contribution < 1.29 is 9.52 Å². The molecule has 0 aliphatic carbocycles. The zero-order chi connectivity index (χ0) is 22.6. The van der Waals surface area contributed by atoms with Gasteiger partial charge in [-0.25, -0.2) is 4.98 Å². The molecule has 3 aromatic carbocycles. The van der Waals surface area contributed by atoms with Crippen molar-refractivity contribution in [1.82, 2.24) is 9.97 Å². The minimum absolute atomic E-state index is 0.107. The number of aromatic nitrogens is 2. The fourth-order valence-electron chi connectivity index (χ4n) is 3.09. The number of aromatic hydroxyl groups is 1. The SMILES string of the molecule is Oc1ccc(N=Nc2cccc(Br)c2)cc1C=Nc1ccc(-c2nc3ncccc3o2)cc1. The van der Waals surface area contributed by atoms with Crippen LogP contribution in [0.15, 0.2) is 109 Å². The minimum atomic E-state index is 0.107. The molecule has 0 spiro atoms. The van der Waals surface area contributed by atoms with Gasteiger partial charge in [0.05, 0.1) is 17.1 Å². The summed E-state index contributed by atoms with van der Waals surface area (Å²) in [4.78, 5) is 13.0. The summed E-state index contributed by atoms with van der Waals surface area (Å²) < 4.78 is 6.67. The summed E-state index contributed by atoms with van der Waals surface area (Å²) in [5.74, 6) is 0.608. The second-order valence-electron chi connectivity index (χ2n) is 7.07. The minimum Gasteiger partial charge on any atom is -0.507 e. The van der Waals surface area contributed by atoms with Crippen molar-refractivity contribution in [3.8, 4) is 17.2 Å². The molecule has 2 aromatic heterocycles. The van der Waals surface area contributed by atoms with E-state index in [1.54, 1.807) is 30.6 Å². The zero-order valence-corrected chi connectivity index (χ0v) is 18.7. The number of hydrogen-bond donors (Lipinski definition) is 1. The van der Waals surface area contributed by atoms with Gasteiger partial charge < -0.3 is 9.52 Å². The van der Waals surface area contributed by atoms with Crippen LogP contribution in [0.4, 0.5) is 17.1 Å². The lowest BCUT2D eigenvalue weighted by Gasteiger charge is -2.01. The highest BCUT2D eigenvalue weighted by molar-refractivity contribution is 9.10. The number of fused-ring (bicyclic) bond motifs is 1. The van der Waals surface area contributed by atoms with E-state index >= 15 is 0 Å². The molecule has 5 rings (SSSR count). The first-order valence-corrected chi connectivity index (χ1v) is 10.8. The molecule has 5 aromatic rings. The van der Waals surface area contributed by atoms with Crippen molar-refractivity contribution in [2.75, 3.05) is 0 Å². The quantitative estimate of drug-likeness (QED) is 0.200. The molecule has 0 aliphatic heterocycles. The van der Waals surface area contributed by atoms with E-state index in [4.69, 9.17) is 4.42 Å². The molecule has 1 N–H and O–H groups in total. The molecule has 8 heteroatoms. The normalized spacial score (nSPS) is 11.7. The fraction of sp³-hybridized carbons (Fsp3) is 0. The molecule has 0 aliphatic rings. The lowest BCUT2D eigenvalue weighted by Crippen LogP contribution is -1.82. The summed E-state index contributed by atoms with van der Waals surface area (Å²) in [7, 11) is 0. The number of rotatable bonds is 5. The van der Waals surface area contributed by atoms with Gasteiger partial charge in [0.25, 0.3) is 0 Å². The van der Waals surface area contributed by atoms with Crippen LogP contribution in [0.2, 0.25) is 0 Å². The second kappa shape index (κ2) is 9.13. The molecule has 0 atom stereocenters. The van der Waals surface area contributed by atoms with Gasteiger partial charge in [-0.2, -0.15) is 15.2 Å². The lowest BCUT2D eigenvalue weighted by molar-refractivity contribution is 0.474. The third-order valence-corrected chi connectivity index (χ3v) is 5.23. The van der Waals surface area contributed by atoms with Crippen LogP contribution in [-0.4, -0.2) is 21.3 Å². The highest BCUT2D eigenvalue weighted by Crippen LogP contribution is 2.27. The van der Waals surface area contributed by atoms with Crippen molar-refractivity contribution in [1.29, 1.82) is 0 Å². The predicted octanol–water partition coefficient (Wildman–Crippen LogP) is 7.52. The molecule has 33 heavy (non-hydrogen) atoms. The van der Waals surface area contributed by atoms with E-state index < -0.39 is 0 Å². The van der Waals surface area contributed by atoms with E-state index in [-0.39, 0.29) is 5.75 Å². The molecule has 0 radical (unpaired) electrons. The maximum Gasteiger partial charge on any atom is 0.228 e. The van der Waals surface area contributed by atoms with E-state index in [9.17, 15) is 5.11 Å². The number of benzene rings is 3. The molecule has 2 heterocycles. The smallest absolute Gasteiger partial charge is 0.228 e. The summed E-state index contributed by atoms with van der Waals surface area (Å²) in [6, 6.07) is 23.6. The van der Waals surface area contributed by atoms with E-state index in [0.717, 1.165) is 15.7 Å². The van der Waals surface area contributed by atoms with E-state index in [1.807, 2.05) is 60.7 Å². The van der Waals surface area contributed by atoms with Crippen LogP contribution < -0.4 is 0 Å². The van der Waals surface area contributed by atoms with Gasteiger partial charge >= 0.3 is 0 Å². The summed E-state index contributed by atoms with van der Waals surface area (Å²) >= 11 is 3.41. The lowest BCUT2D eigenvalue weighted by atomic mass is 10.2. The number of halogens is 1. The summed E-state index contributed by atoms with van der Waals surface area (Å²) in [6.45, 7) is 0. The van der Waals surface area contributed by atoms with Crippen molar-refractivity contribution in [3.63, 3.8) is 0 Å². The molecular weight excluding hydrogens is 482 g/mol. The van der Waals surface area contributed by atoms with Crippen LogP contribution >= 0.6 is 15.9 Å². The number of azo groups is 1. The number of phenols is 1. The number of phenolic OH excluding ortho intramolecular Hbond substituents is 1. The molecular formula is C25H16BrN5O2. The Hall–Kier alpha value is -4.17. The van der Waals surface area contributed by atoms with Crippen LogP contribution in [0.25, 0.3) is 22.7 Å². The highest BCUT2D eigenvalue weighted by atomic mass is 79.9. The average Bonchev–Trinajstić information content (AvgIpc) is 3.27. The van der Waals surface area contributed by atoms with Crippen LogP contribution in [0.1, 0.15) is 5.56 Å². The maximum absolute atomic E-state index is 10.2. The summed E-state index contributed by atoms with van der Waals surface area (Å²) in [5, 5.41) is 18.7. The molecule has 0 amide bonds. The predicted molar refractivity (Wildman–Crippen MR) is 131 cm³/mol. The number of aliphatic imine (C=N–C) groups is 1. The molecule has 0 bridgehead atoms. The van der Waals surface area contributed by atoms with Crippen molar-refractivity contribution in [3.05, 3.63) is 95.1 Å². The largest absolute Gasteiger partial charge is 0.507 e. The van der Waals surface area contributed by atoms with Crippen LogP contribution in [0, 0.1) is 0 Å². The van der Waals surface area contributed by atoms with Gasteiger partial charge in [0.2, 0.25) is 5.89 Å². The fourth-order valence-corrected chi connectivity index (χ4v) is 3.48. The molecule has 0 saturated carbocycles. The van der Waals surface area contributed by atoms with Gasteiger partial charge in [0.1, 0.15) is 5.75 Å². The van der Waals surface area contributed by atoms with Gasteiger partial charge in [-0.15, -0.1) is 0 Å². The van der Waals surface area contributed by atoms with Crippen LogP contribution in [0.3, 0.4) is 0 Å². The maximum atomic E-state index is 10.2. The number of pyridine rings is 1. The monoisotopic (exact) mass is 497 g/mol. The van der Waals surface area contributed by atoms with Gasteiger partial charge in [0, 0.05) is 28.0 Å². The Morgan fingerprint density at radius 3 is 2.42 bits per heavy atom. The van der Waals surface area contributed by atoms with E-state index in [2.05, 4.69) is 41.1 Å². The van der Waals surface area contributed by atoms with Gasteiger partial charge in [-0.3, -0.25) is 4.99 Å². The molecule has 0 unspecified atom stereocenters. The molecule has 160 valence electrons. The average molecular weight is 498 g/mol. The first kappa shape index (κ1) is 20.7. The van der Waals surface area contributed by atoms with Crippen LogP contribution in [-0.2, 0) is 0 Å². The molecule has 0 saturated heterocycles. The van der Waals surface area contributed by atoms with Gasteiger partial charge in [-0.05, 0) is 72.8 Å². The van der Waals surface area contributed by atoms with Crippen molar-refractivity contribution in [2.45, 2.75) is 0 Å². The van der Waals surface area contributed by atoms with Crippen LogP contribution in [0.5, 0.6) is 5.75 Å². The Kier molecular flexibility index (Phi) is 5.73. The Morgan fingerprint density at radius 2 is 1.64 bits per heavy atom. The summed E-state index contributed by atoms with van der Waals surface area (Å²) in [5.41, 5.74) is 4.62. The Bertz CT molecular complexity index is 1460.